The van der Waals surface area contributed by atoms with E-state index < -0.39 is 6.10 Å². The van der Waals surface area contributed by atoms with Crippen molar-refractivity contribution in [2.75, 3.05) is 34.0 Å². The van der Waals surface area contributed by atoms with E-state index in [9.17, 15) is 9.90 Å². The number of nitrogens with zero attached hydrogens (tertiary/aromatic N) is 2. The molecule has 0 saturated carbocycles. The van der Waals surface area contributed by atoms with Crippen molar-refractivity contribution in [1.29, 1.82) is 0 Å². The van der Waals surface area contributed by atoms with E-state index in [0.717, 1.165) is 11.1 Å². The molecule has 1 amide bonds. The minimum absolute atomic E-state index is 0.0118. The van der Waals surface area contributed by atoms with E-state index in [1.54, 1.807) is 37.6 Å². The molecule has 2 heterocycles. The van der Waals surface area contributed by atoms with Gasteiger partial charge in [-0.25, -0.2) is 0 Å². The van der Waals surface area contributed by atoms with Crippen LogP contribution in [0.15, 0.2) is 30.6 Å². The van der Waals surface area contributed by atoms with Crippen molar-refractivity contribution in [3.63, 3.8) is 0 Å². The van der Waals surface area contributed by atoms with Crippen molar-refractivity contribution in [2.45, 2.75) is 25.0 Å². The molecule has 2 aromatic rings. The number of rotatable bonds is 7. The summed E-state index contributed by atoms with van der Waals surface area (Å²) >= 11 is 0. The predicted octanol–water partition coefficient (Wildman–Crippen LogP) is 1.32. The van der Waals surface area contributed by atoms with Crippen LogP contribution in [0.2, 0.25) is 0 Å². The highest BCUT2D eigenvalue weighted by Gasteiger charge is 2.36. The van der Waals surface area contributed by atoms with Crippen LogP contribution in [0.4, 0.5) is 0 Å². The molecule has 8 nitrogen and oxygen atoms in total. The molecule has 2 atom stereocenters. The number of aromatic amines is 1. The van der Waals surface area contributed by atoms with Crippen molar-refractivity contribution in [1.82, 2.24) is 15.1 Å². The Balaban J connectivity index is 1.84. The molecule has 0 radical (unpaired) electrons. The number of benzene rings is 1. The van der Waals surface area contributed by atoms with E-state index in [-0.39, 0.29) is 18.6 Å². The van der Waals surface area contributed by atoms with Crippen LogP contribution in [-0.2, 0) is 16.0 Å². The Hall–Kier alpha value is -2.58. The van der Waals surface area contributed by atoms with E-state index in [1.165, 1.54) is 0 Å². The van der Waals surface area contributed by atoms with E-state index in [4.69, 9.17) is 14.2 Å². The van der Waals surface area contributed by atoms with Gasteiger partial charge in [-0.1, -0.05) is 6.07 Å². The van der Waals surface area contributed by atoms with Crippen LogP contribution in [0.5, 0.6) is 11.5 Å². The highest BCUT2D eigenvalue weighted by atomic mass is 16.5. The largest absolute Gasteiger partial charge is 0.493 e. The van der Waals surface area contributed by atoms with Crippen LogP contribution in [0.3, 0.4) is 0 Å². The van der Waals surface area contributed by atoms with Gasteiger partial charge in [-0.15, -0.1) is 0 Å². The number of aliphatic hydroxyl groups excluding tert-OH is 1. The normalized spacial score (nSPS) is 19.7. The van der Waals surface area contributed by atoms with Crippen LogP contribution in [-0.4, -0.2) is 66.2 Å². The maximum Gasteiger partial charge on any atom is 0.223 e. The number of ether oxygens (including phenoxy) is 3. The van der Waals surface area contributed by atoms with Gasteiger partial charge in [0.15, 0.2) is 11.5 Å². The molecule has 0 bridgehead atoms. The molecule has 27 heavy (non-hydrogen) atoms. The Morgan fingerprint density at radius 1 is 1.37 bits per heavy atom. The fraction of sp³-hybridized carbons (Fsp3) is 0.474. The molecule has 1 aliphatic rings. The van der Waals surface area contributed by atoms with Gasteiger partial charge in [0.2, 0.25) is 5.91 Å². The van der Waals surface area contributed by atoms with Gasteiger partial charge in [-0.05, 0) is 29.7 Å². The Morgan fingerprint density at radius 3 is 2.85 bits per heavy atom. The van der Waals surface area contributed by atoms with E-state index >= 15 is 0 Å². The van der Waals surface area contributed by atoms with Gasteiger partial charge in [0.05, 0.1) is 39.7 Å². The zero-order chi connectivity index (χ0) is 19.2. The van der Waals surface area contributed by atoms with E-state index in [2.05, 4.69) is 10.2 Å². The van der Waals surface area contributed by atoms with Crippen molar-refractivity contribution in [3.8, 4) is 11.5 Å². The Bertz CT molecular complexity index is 750. The van der Waals surface area contributed by atoms with Gasteiger partial charge in [0, 0.05) is 19.2 Å². The first kappa shape index (κ1) is 19.2. The third-order valence-corrected chi connectivity index (χ3v) is 4.78. The molecule has 0 aliphatic carbocycles. The Morgan fingerprint density at radius 2 is 2.19 bits per heavy atom. The summed E-state index contributed by atoms with van der Waals surface area (Å²) in [7, 11) is 3.14. The van der Waals surface area contributed by atoms with Crippen LogP contribution in [0.25, 0.3) is 0 Å². The fourth-order valence-corrected chi connectivity index (χ4v) is 3.41. The number of hydrogen-bond donors (Lipinski definition) is 2. The molecule has 1 aromatic carbocycles. The zero-order valence-corrected chi connectivity index (χ0v) is 15.6. The summed E-state index contributed by atoms with van der Waals surface area (Å²) in [5.74, 6) is 1.19. The number of carbonyl (C=O) groups is 1. The second-order valence-electron chi connectivity index (χ2n) is 6.34. The number of carbonyl (C=O) groups excluding carboxylic acids is 1. The van der Waals surface area contributed by atoms with Gasteiger partial charge in [-0.3, -0.25) is 9.89 Å². The molecule has 1 aliphatic heterocycles. The van der Waals surface area contributed by atoms with Gasteiger partial charge < -0.3 is 24.2 Å². The molecule has 3 rings (SSSR count). The highest BCUT2D eigenvalue weighted by Crippen LogP contribution is 2.36. The van der Waals surface area contributed by atoms with Crippen molar-refractivity contribution in [2.24, 2.45) is 0 Å². The molecule has 0 spiro atoms. The summed E-state index contributed by atoms with van der Waals surface area (Å²) in [5, 5.41) is 16.5. The first-order chi connectivity index (χ1) is 13.2. The monoisotopic (exact) mass is 375 g/mol. The summed E-state index contributed by atoms with van der Waals surface area (Å²) in [6.45, 7) is 0.691. The standard InChI is InChI=1S/C19H25N3O5/c1-25-15-5-4-14(9-16(15)26-2)19-17(12-23)27-8-7-22(19)18(24)6-3-13-10-20-21-11-13/h4-5,9-11,17,19,23H,3,6-8,12H2,1-2H3,(H,20,21)/t17-,19-/m1/s1. The Kier molecular flexibility index (Phi) is 6.31. The average molecular weight is 375 g/mol. The van der Waals surface area contributed by atoms with E-state index in [1.807, 2.05) is 12.1 Å². The van der Waals surface area contributed by atoms with Crippen LogP contribution >= 0.6 is 0 Å². The number of hydrogen-bond acceptors (Lipinski definition) is 6. The maximum absolute atomic E-state index is 12.9. The number of morpholine rings is 1. The van der Waals surface area contributed by atoms with E-state index in [0.29, 0.717) is 37.5 Å². The number of aromatic nitrogens is 2. The summed E-state index contributed by atoms with van der Waals surface area (Å²) in [6, 6.07) is 5.11. The van der Waals surface area contributed by atoms with Gasteiger partial charge in [0.25, 0.3) is 0 Å². The number of H-pyrrole nitrogens is 1. The second-order valence-corrected chi connectivity index (χ2v) is 6.34. The zero-order valence-electron chi connectivity index (χ0n) is 15.6. The first-order valence-corrected chi connectivity index (χ1v) is 8.89. The summed E-state index contributed by atoms with van der Waals surface area (Å²) < 4.78 is 16.4. The summed E-state index contributed by atoms with van der Waals surface area (Å²) in [5.41, 5.74) is 1.82. The third-order valence-electron chi connectivity index (χ3n) is 4.78. The third kappa shape index (κ3) is 4.23. The molecule has 1 fully saturated rings. The molecular formula is C19H25N3O5. The lowest BCUT2D eigenvalue weighted by Gasteiger charge is -2.41. The predicted molar refractivity (Wildman–Crippen MR) is 97.7 cm³/mol. The molecule has 146 valence electrons. The summed E-state index contributed by atoms with van der Waals surface area (Å²) in [4.78, 5) is 14.7. The molecule has 8 heteroatoms. The lowest BCUT2D eigenvalue weighted by atomic mass is 9.97. The lowest BCUT2D eigenvalue weighted by molar-refractivity contribution is -0.149. The second kappa shape index (κ2) is 8.88. The molecule has 1 aromatic heterocycles. The topological polar surface area (TPSA) is 96.9 Å². The number of amides is 1. The maximum atomic E-state index is 12.9. The summed E-state index contributed by atoms with van der Waals surface area (Å²) in [6.07, 6.45) is 3.98. The minimum Gasteiger partial charge on any atom is -0.493 e. The number of aliphatic hydroxyl groups is 1. The van der Waals surface area contributed by atoms with Crippen LogP contribution < -0.4 is 9.47 Å². The highest BCUT2D eigenvalue weighted by molar-refractivity contribution is 5.77. The SMILES string of the molecule is COc1ccc([C@@H]2[C@@H](CO)OCCN2C(=O)CCc2cn[nH]c2)cc1OC. The Labute approximate surface area is 158 Å². The van der Waals surface area contributed by atoms with Crippen LogP contribution in [0, 0.1) is 0 Å². The molecule has 0 unspecified atom stereocenters. The average Bonchev–Trinajstić information content (AvgIpc) is 3.24. The van der Waals surface area contributed by atoms with Crippen molar-refractivity contribution < 1.29 is 24.1 Å². The quantitative estimate of drug-likeness (QED) is 0.758. The minimum atomic E-state index is -0.491. The van der Waals surface area contributed by atoms with Crippen molar-refractivity contribution >= 4 is 5.91 Å². The van der Waals surface area contributed by atoms with Crippen molar-refractivity contribution in [3.05, 3.63) is 41.7 Å². The number of methoxy groups -OCH3 is 2. The smallest absolute Gasteiger partial charge is 0.223 e. The number of nitrogens with one attached hydrogen (secondary N) is 1. The van der Waals surface area contributed by atoms with Crippen LogP contribution in [0.1, 0.15) is 23.6 Å². The molecular weight excluding hydrogens is 350 g/mol. The molecule has 2 N–H and O–H groups in total. The van der Waals surface area contributed by atoms with Gasteiger partial charge >= 0.3 is 0 Å². The van der Waals surface area contributed by atoms with Gasteiger partial charge in [-0.2, -0.15) is 5.10 Å². The molecule has 1 saturated heterocycles. The van der Waals surface area contributed by atoms with Gasteiger partial charge in [0.1, 0.15) is 6.10 Å². The lowest BCUT2D eigenvalue weighted by Crippen LogP contribution is -2.49. The number of aryl methyl sites for hydroxylation is 1. The fourth-order valence-electron chi connectivity index (χ4n) is 3.41. The first-order valence-electron chi connectivity index (χ1n) is 8.89.